The van der Waals surface area contributed by atoms with Crippen LogP contribution in [0, 0.1) is 0 Å². The van der Waals surface area contributed by atoms with Crippen LogP contribution in [0.15, 0.2) is 24.3 Å². The SMILES string of the molecule is COc1ccc([C@H](C)N[C@H]2CCC[C@@H]2N)cc1. The molecule has 0 bridgehead atoms. The van der Waals surface area contributed by atoms with Crippen molar-refractivity contribution in [3.8, 4) is 5.75 Å². The first-order valence-corrected chi connectivity index (χ1v) is 6.36. The molecule has 3 N–H and O–H groups in total. The van der Waals surface area contributed by atoms with E-state index >= 15 is 0 Å². The zero-order chi connectivity index (χ0) is 12.3. The van der Waals surface area contributed by atoms with Crippen LogP contribution in [0.4, 0.5) is 0 Å². The van der Waals surface area contributed by atoms with E-state index in [-0.39, 0.29) is 0 Å². The third kappa shape index (κ3) is 2.99. The van der Waals surface area contributed by atoms with Crippen molar-refractivity contribution in [1.29, 1.82) is 0 Å². The predicted molar refractivity (Wildman–Crippen MR) is 70.2 cm³/mol. The molecule has 2 rings (SSSR count). The van der Waals surface area contributed by atoms with Gasteiger partial charge in [0.2, 0.25) is 0 Å². The van der Waals surface area contributed by atoms with Crippen molar-refractivity contribution in [2.24, 2.45) is 5.73 Å². The number of benzene rings is 1. The molecule has 1 aromatic carbocycles. The molecule has 0 spiro atoms. The summed E-state index contributed by atoms with van der Waals surface area (Å²) in [5.41, 5.74) is 7.35. The predicted octanol–water partition coefficient (Wildman–Crippen LogP) is 2.23. The van der Waals surface area contributed by atoms with E-state index in [9.17, 15) is 0 Å². The number of ether oxygens (including phenoxy) is 1. The highest BCUT2D eigenvalue weighted by Crippen LogP contribution is 2.22. The second kappa shape index (κ2) is 5.52. The maximum absolute atomic E-state index is 6.07. The average Bonchev–Trinajstić information content (AvgIpc) is 2.75. The fourth-order valence-electron chi connectivity index (χ4n) is 2.51. The standard InChI is InChI=1S/C14H22N2O/c1-10(16-14-5-3-4-13(14)15)11-6-8-12(17-2)9-7-11/h6-10,13-14,16H,3-5,15H2,1-2H3/t10-,13-,14-/m0/s1. The Morgan fingerprint density at radius 1 is 1.29 bits per heavy atom. The lowest BCUT2D eigenvalue weighted by Crippen LogP contribution is -2.41. The zero-order valence-corrected chi connectivity index (χ0v) is 10.6. The molecule has 3 heteroatoms. The molecule has 0 heterocycles. The third-order valence-electron chi connectivity index (χ3n) is 3.65. The normalized spacial score (nSPS) is 25.8. The van der Waals surface area contributed by atoms with Gasteiger partial charge in [-0.3, -0.25) is 0 Å². The van der Waals surface area contributed by atoms with Crippen LogP contribution in [-0.4, -0.2) is 19.2 Å². The zero-order valence-electron chi connectivity index (χ0n) is 10.6. The molecular weight excluding hydrogens is 212 g/mol. The van der Waals surface area contributed by atoms with Crippen LogP contribution in [0.3, 0.4) is 0 Å². The lowest BCUT2D eigenvalue weighted by molar-refractivity contribution is 0.412. The lowest BCUT2D eigenvalue weighted by Gasteiger charge is -2.23. The molecule has 0 aromatic heterocycles. The Labute approximate surface area is 103 Å². The van der Waals surface area contributed by atoms with E-state index in [0.717, 1.165) is 12.2 Å². The number of nitrogens with one attached hydrogen (secondary N) is 1. The van der Waals surface area contributed by atoms with Crippen molar-refractivity contribution in [2.75, 3.05) is 7.11 Å². The number of rotatable bonds is 4. The first-order chi connectivity index (χ1) is 8.20. The van der Waals surface area contributed by atoms with E-state index in [1.165, 1.54) is 18.4 Å². The first kappa shape index (κ1) is 12.4. The van der Waals surface area contributed by atoms with Crippen molar-refractivity contribution >= 4 is 0 Å². The number of hydrogen-bond donors (Lipinski definition) is 2. The molecule has 94 valence electrons. The van der Waals surface area contributed by atoms with Gasteiger partial charge in [-0.25, -0.2) is 0 Å². The van der Waals surface area contributed by atoms with Crippen LogP contribution < -0.4 is 15.8 Å². The van der Waals surface area contributed by atoms with Crippen LogP contribution in [0.25, 0.3) is 0 Å². The Balaban J connectivity index is 1.96. The first-order valence-electron chi connectivity index (χ1n) is 6.36. The van der Waals surface area contributed by atoms with Crippen molar-refractivity contribution < 1.29 is 4.74 Å². The van der Waals surface area contributed by atoms with Gasteiger partial charge in [-0.05, 0) is 37.5 Å². The fraction of sp³-hybridized carbons (Fsp3) is 0.571. The molecule has 3 atom stereocenters. The van der Waals surface area contributed by atoms with Crippen LogP contribution in [0.2, 0.25) is 0 Å². The van der Waals surface area contributed by atoms with Crippen LogP contribution in [0.1, 0.15) is 37.8 Å². The molecule has 0 saturated heterocycles. The molecule has 0 radical (unpaired) electrons. The smallest absolute Gasteiger partial charge is 0.118 e. The second-order valence-corrected chi connectivity index (χ2v) is 4.86. The van der Waals surface area contributed by atoms with Gasteiger partial charge in [-0.1, -0.05) is 18.6 Å². The van der Waals surface area contributed by atoms with Crippen LogP contribution in [-0.2, 0) is 0 Å². The molecule has 17 heavy (non-hydrogen) atoms. The highest BCUT2D eigenvalue weighted by Gasteiger charge is 2.25. The molecule has 1 aliphatic rings. The molecule has 0 aliphatic heterocycles. The molecule has 1 aliphatic carbocycles. The van der Waals surface area contributed by atoms with Crippen molar-refractivity contribution in [2.45, 2.75) is 44.3 Å². The summed E-state index contributed by atoms with van der Waals surface area (Å²) in [6, 6.07) is 9.34. The van der Waals surface area contributed by atoms with E-state index in [2.05, 4.69) is 24.4 Å². The Morgan fingerprint density at radius 2 is 2.00 bits per heavy atom. The summed E-state index contributed by atoms with van der Waals surface area (Å²) in [6.45, 7) is 2.19. The Bertz CT molecular complexity index is 350. The van der Waals surface area contributed by atoms with Crippen molar-refractivity contribution in [3.63, 3.8) is 0 Å². The van der Waals surface area contributed by atoms with E-state index < -0.39 is 0 Å². The average molecular weight is 234 g/mol. The maximum Gasteiger partial charge on any atom is 0.118 e. The summed E-state index contributed by atoms with van der Waals surface area (Å²) in [5.74, 6) is 0.901. The third-order valence-corrected chi connectivity index (χ3v) is 3.65. The molecule has 1 saturated carbocycles. The van der Waals surface area contributed by atoms with Gasteiger partial charge in [-0.15, -0.1) is 0 Å². The van der Waals surface area contributed by atoms with Crippen LogP contribution >= 0.6 is 0 Å². The number of nitrogens with two attached hydrogens (primary N) is 1. The van der Waals surface area contributed by atoms with Crippen molar-refractivity contribution in [1.82, 2.24) is 5.32 Å². The fourth-order valence-corrected chi connectivity index (χ4v) is 2.51. The Hall–Kier alpha value is -1.06. The van der Waals surface area contributed by atoms with E-state index in [1.54, 1.807) is 7.11 Å². The van der Waals surface area contributed by atoms with E-state index in [4.69, 9.17) is 10.5 Å². The van der Waals surface area contributed by atoms with Gasteiger partial charge in [0.25, 0.3) is 0 Å². The summed E-state index contributed by atoms with van der Waals surface area (Å²) < 4.78 is 5.16. The summed E-state index contributed by atoms with van der Waals surface area (Å²) in [4.78, 5) is 0. The Morgan fingerprint density at radius 3 is 2.53 bits per heavy atom. The minimum absolute atomic E-state index is 0.315. The van der Waals surface area contributed by atoms with Gasteiger partial charge in [0.05, 0.1) is 7.11 Å². The summed E-state index contributed by atoms with van der Waals surface area (Å²) >= 11 is 0. The van der Waals surface area contributed by atoms with Gasteiger partial charge in [0.15, 0.2) is 0 Å². The van der Waals surface area contributed by atoms with Crippen LogP contribution in [0.5, 0.6) is 5.75 Å². The molecule has 3 nitrogen and oxygen atoms in total. The highest BCUT2D eigenvalue weighted by atomic mass is 16.5. The van der Waals surface area contributed by atoms with E-state index in [0.29, 0.717) is 18.1 Å². The summed E-state index contributed by atoms with van der Waals surface area (Å²) in [7, 11) is 1.69. The second-order valence-electron chi connectivity index (χ2n) is 4.86. The minimum Gasteiger partial charge on any atom is -0.497 e. The van der Waals surface area contributed by atoms with Gasteiger partial charge >= 0.3 is 0 Å². The maximum atomic E-state index is 6.07. The summed E-state index contributed by atoms with van der Waals surface area (Å²) in [6.07, 6.45) is 3.59. The monoisotopic (exact) mass is 234 g/mol. The molecule has 0 unspecified atom stereocenters. The van der Waals surface area contributed by atoms with Gasteiger partial charge in [-0.2, -0.15) is 0 Å². The number of hydrogen-bond acceptors (Lipinski definition) is 3. The van der Waals surface area contributed by atoms with Crippen molar-refractivity contribution in [3.05, 3.63) is 29.8 Å². The minimum atomic E-state index is 0.315. The molecule has 1 fully saturated rings. The summed E-state index contributed by atoms with van der Waals surface area (Å²) in [5, 5.41) is 3.62. The highest BCUT2D eigenvalue weighted by molar-refractivity contribution is 5.28. The molecule has 1 aromatic rings. The van der Waals surface area contributed by atoms with E-state index in [1.807, 2.05) is 12.1 Å². The van der Waals surface area contributed by atoms with Gasteiger partial charge < -0.3 is 15.8 Å². The molecular formula is C14H22N2O. The van der Waals surface area contributed by atoms with Gasteiger partial charge in [0.1, 0.15) is 5.75 Å². The topological polar surface area (TPSA) is 47.3 Å². The molecule has 0 amide bonds. The Kier molecular flexibility index (Phi) is 4.02. The van der Waals surface area contributed by atoms with Gasteiger partial charge in [0, 0.05) is 18.1 Å². The largest absolute Gasteiger partial charge is 0.497 e. The quantitative estimate of drug-likeness (QED) is 0.840. The lowest BCUT2D eigenvalue weighted by atomic mass is 10.1. The number of methoxy groups -OCH3 is 1.